The van der Waals surface area contributed by atoms with E-state index < -0.39 is 0 Å². The first-order chi connectivity index (χ1) is 7.07. The summed E-state index contributed by atoms with van der Waals surface area (Å²) in [4.78, 5) is 1.81. The lowest BCUT2D eigenvalue weighted by molar-refractivity contribution is 0.593. The molecule has 15 heavy (non-hydrogen) atoms. The first-order valence-electron chi connectivity index (χ1n) is 4.76. The van der Waals surface area contributed by atoms with Crippen LogP contribution in [0.5, 0.6) is 0 Å². The lowest BCUT2D eigenvalue weighted by atomic mass is 10.1. The van der Waals surface area contributed by atoms with Crippen molar-refractivity contribution in [1.82, 2.24) is 0 Å². The van der Waals surface area contributed by atoms with Crippen LogP contribution in [0.4, 0.5) is 10.1 Å². The minimum atomic E-state index is -0.346. The Morgan fingerprint density at radius 2 is 2.27 bits per heavy atom. The van der Waals surface area contributed by atoms with Gasteiger partial charge in [-0.05, 0) is 19.1 Å². The van der Waals surface area contributed by atoms with Crippen LogP contribution in [0.3, 0.4) is 0 Å². The molecule has 0 aromatic heterocycles. The standard InChI is InChI=1S/C12H15FN2/c1-4-8-15(3)11-7-5-6-10(13)12(11)9(2)14/h1,5-7,9H,8,14H2,2-3H3. The van der Waals surface area contributed by atoms with Gasteiger partial charge in [0.1, 0.15) is 5.82 Å². The molecule has 0 fully saturated rings. The number of hydrogen-bond acceptors (Lipinski definition) is 2. The molecule has 0 bridgehead atoms. The summed E-state index contributed by atoms with van der Waals surface area (Å²) < 4.78 is 13.5. The maximum absolute atomic E-state index is 13.5. The van der Waals surface area contributed by atoms with Gasteiger partial charge in [-0.15, -0.1) is 6.42 Å². The molecule has 3 heteroatoms. The predicted molar refractivity (Wildman–Crippen MR) is 61.1 cm³/mol. The Morgan fingerprint density at radius 1 is 1.60 bits per heavy atom. The van der Waals surface area contributed by atoms with Crippen LogP contribution in [0.1, 0.15) is 18.5 Å². The van der Waals surface area contributed by atoms with Crippen molar-refractivity contribution in [2.75, 3.05) is 18.5 Å². The van der Waals surface area contributed by atoms with Crippen molar-refractivity contribution in [3.05, 3.63) is 29.6 Å². The van der Waals surface area contributed by atoms with Crippen LogP contribution in [0, 0.1) is 18.2 Å². The van der Waals surface area contributed by atoms with Crippen molar-refractivity contribution in [2.24, 2.45) is 5.73 Å². The van der Waals surface area contributed by atoms with E-state index in [9.17, 15) is 4.39 Å². The van der Waals surface area contributed by atoms with Crippen LogP contribution < -0.4 is 10.6 Å². The molecule has 2 N–H and O–H groups in total. The van der Waals surface area contributed by atoms with E-state index in [0.717, 1.165) is 5.69 Å². The fraction of sp³-hybridized carbons (Fsp3) is 0.333. The average Bonchev–Trinajstić information content (AvgIpc) is 2.17. The van der Waals surface area contributed by atoms with Gasteiger partial charge >= 0.3 is 0 Å². The second kappa shape index (κ2) is 4.81. The van der Waals surface area contributed by atoms with Crippen LogP contribution in [0.2, 0.25) is 0 Å². The topological polar surface area (TPSA) is 29.3 Å². The maximum Gasteiger partial charge on any atom is 0.130 e. The van der Waals surface area contributed by atoms with E-state index in [1.54, 1.807) is 13.0 Å². The number of rotatable bonds is 3. The van der Waals surface area contributed by atoms with Gasteiger partial charge in [0.05, 0.1) is 6.54 Å². The van der Waals surface area contributed by atoms with Crippen molar-refractivity contribution in [1.29, 1.82) is 0 Å². The number of hydrogen-bond donors (Lipinski definition) is 1. The summed E-state index contributed by atoms with van der Waals surface area (Å²) in [5, 5.41) is 0. The van der Waals surface area contributed by atoms with E-state index >= 15 is 0 Å². The third-order valence-electron chi connectivity index (χ3n) is 2.22. The number of nitrogens with two attached hydrogens (primary N) is 1. The van der Waals surface area contributed by atoms with E-state index in [-0.39, 0.29) is 11.9 Å². The molecule has 1 rings (SSSR count). The molecule has 1 aromatic rings. The number of benzene rings is 1. The molecule has 0 heterocycles. The SMILES string of the molecule is C#CCN(C)c1cccc(F)c1C(C)N. The highest BCUT2D eigenvalue weighted by Gasteiger charge is 2.14. The molecule has 80 valence electrons. The van der Waals surface area contributed by atoms with Crippen molar-refractivity contribution in [3.8, 4) is 12.3 Å². The Hall–Kier alpha value is -1.53. The number of anilines is 1. The van der Waals surface area contributed by atoms with Crippen molar-refractivity contribution < 1.29 is 4.39 Å². The van der Waals surface area contributed by atoms with Crippen LogP contribution >= 0.6 is 0 Å². The molecule has 0 saturated heterocycles. The predicted octanol–water partition coefficient (Wildman–Crippen LogP) is 1.91. The van der Waals surface area contributed by atoms with Gasteiger partial charge in [0.2, 0.25) is 0 Å². The number of terminal acetylenes is 1. The fourth-order valence-corrected chi connectivity index (χ4v) is 1.53. The molecule has 0 aliphatic carbocycles. The van der Waals surface area contributed by atoms with Crippen LogP contribution in [0.15, 0.2) is 18.2 Å². The minimum Gasteiger partial charge on any atom is -0.363 e. The number of nitrogens with zero attached hydrogens (tertiary/aromatic N) is 1. The highest BCUT2D eigenvalue weighted by atomic mass is 19.1. The summed E-state index contributed by atoms with van der Waals surface area (Å²) >= 11 is 0. The Labute approximate surface area is 89.9 Å². The molecule has 0 saturated carbocycles. The molecule has 1 unspecified atom stereocenters. The first kappa shape index (κ1) is 11.5. The maximum atomic E-state index is 13.5. The first-order valence-corrected chi connectivity index (χ1v) is 4.76. The Kier molecular flexibility index (Phi) is 3.70. The Bertz CT molecular complexity index is 380. The second-order valence-corrected chi connectivity index (χ2v) is 3.52. The lowest BCUT2D eigenvalue weighted by Crippen LogP contribution is -2.21. The zero-order valence-electron chi connectivity index (χ0n) is 9.00. The third-order valence-corrected chi connectivity index (χ3v) is 2.22. The van der Waals surface area contributed by atoms with Crippen molar-refractivity contribution in [2.45, 2.75) is 13.0 Å². The molecule has 2 nitrogen and oxygen atoms in total. The summed E-state index contributed by atoms with van der Waals surface area (Å²) in [5.74, 6) is 2.23. The summed E-state index contributed by atoms with van der Waals surface area (Å²) in [5.41, 5.74) is 6.99. The van der Waals surface area contributed by atoms with Crippen molar-refractivity contribution in [3.63, 3.8) is 0 Å². The van der Waals surface area contributed by atoms with Gasteiger partial charge in [0.25, 0.3) is 0 Å². The highest BCUT2D eigenvalue weighted by Crippen LogP contribution is 2.26. The summed E-state index contributed by atoms with van der Waals surface area (Å²) in [6, 6.07) is 4.54. The summed E-state index contributed by atoms with van der Waals surface area (Å²) in [6.07, 6.45) is 5.21. The molecular formula is C12H15FN2. The molecular weight excluding hydrogens is 191 g/mol. The van der Waals surface area contributed by atoms with E-state index in [4.69, 9.17) is 12.2 Å². The summed E-state index contributed by atoms with van der Waals surface area (Å²) in [6.45, 7) is 2.19. The van der Waals surface area contributed by atoms with E-state index in [0.29, 0.717) is 12.1 Å². The number of halogens is 1. The van der Waals surface area contributed by atoms with E-state index in [2.05, 4.69) is 5.92 Å². The van der Waals surface area contributed by atoms with Gasteiger partial charge in [-0.1, -0.05) is 12.0 Å². The van der Waals surface area contributed by atoms with Crippen LogP contribution in [0.25, 0.3) is 0 Å². The second-order valence-electron chi connectivity index (χ2n) is 3.52. The lowest BCUT2D eigenvalue weighted by Gasteiger charge is -2.22. The van der Waals surface area contributed by atoms with Gasteiger partial charge in [0.15, 0.2) is 0 Å². The third kappa shape index (κ3) is 2.48. The van der Waals surface area contributed by atoms with Crippen LogP contribution in [-0.2, 0) is 0 Å². The van der Waals surface area contributed by atoms with Gasteiger partial charge in [-0.2, -0.15) is 0 Å². The zero-order valence-corrected chi connectivity index (χ0v) is 9.00. The van der Waals surface area contributed by atoms with Gasteiger partial charge in [-0.3, -0.25) is 0 Å². The molecule has 0 spiro atoms. The zero-order chi connectivity index (χ0) is 11.4. The molecule has 0 aliphatic rings. The monoisotopic (exact) mass is 206 g/mol. The largest absolute Gasteiger partial charge is 0.363 e. The Morgan fingerprint density at radius 3 is 2.80 bits per heavy atom. The highest BCUT2D eigenvalue weighted by molar-refractivity contribution is 5.55. The van der Waals surface area contributed by atoms with E-state index in [1.165, 1.54) is 6.07 Å². The molecule has 0 aliphatic heterocycles. The normalized spacial score (nSPS) is 11.9. The van der Waals surface area contributed by atoms with Crippen LogP contribution in [-0.4, -0.2) is 13.6 Å². The average molecular weight is 206 g/mol. The van der Waals surface area contributed by atoms with E-state index in [1.807, 2.05) is 18.0 Å². The van der Waals surface area contributed by atoms with Gasteiger partial charge < -0.3 is 10.6 Å². The van der Waals surface area contributed by atoms with Crippen molar-refractivity contribution >= 4 is 5.69 Å². The Balaban J connectivity index is 3.17. The molecule has 1 aromatic carbocycles. The molecule has 0 radical (unpaired) electrons. The quantitative estimate of drug-likeness (QED) is 0.765. The summed E-state index contributed by atoms with van der Waals surface area (Å²) in [7, 11) is 1.82. The minimum absolute atomic E-state index is 0.286. The fourth-order valence-electron chi connectivity index (χ4n) is 1.53. The molecule has 0 amide bonds. The molecule has 1 atom stereocenters. The van der Waals surface area contributed by atoms with Gasteiger partial charge in [0, 0.05) is 24.3 Å². The van der Waals surface area contributed by atoms with Gasteiger partial charge in [-0.25, -0.2) is 4.39 Å². The smallest absolute Gasteiger partial charge is 0.130 e.